The van der Waals surface area contributed by atoms with Gasteiger partial charge in [-0.1, -0.05) is 12.1 Å². The summed E-state index contributed by atoms with van der Waals surface area (Å²) in [4.78, 5) is 25.3. The molecule has 8 heteroatoms. The molecule has 2 amide bonds. The molecule has 1 unspecified atom stereocenters. The zero-order chi connectivity index (χ0) is 15.7. The molecule has 5 nitrogen and oxygen atoms in total. The summed E-state index contributed by atoms with van der Waals surface area (Å²) in [6, 6.07) is 4.92. The smallest absolute Gasteiger partial charge is 0.287 e. The predicted octanol–water partition coefficient (Wildman–Crippen LogP) is 1.24. The molecule has 0 fully saturated rings. The van der Waals surface area contributed by atoms with Crippen molar-refractivity contribution in [3.8, 4) is 0 Å². The van der Waals surface area contributed by atoms with E-state index >= 15 is 0 Å². The number of hydrogen-bond donors (Lipinski definition) is 1. The minimum atomic E-state index is -3.29. The second-order valence-corrected chi connectivity index (χ2v) is 4.75. The molecule has 0 radical (unpaired) electrons. The first-order valence-electron chi connectivity index (χ1n) is 6.17. The van der Waals surface area contributed by atoms with E-state index in [1.807, 2.05) is 0 Å². The molecule has 0 spiro atoms. The molecule has 1 heterocycles. The third-order valence-electron chi connectivity index (χ3n) is 3.34. The maximum atomic E-state index is 13.1. The van der Waals surface area contributed by atoms with Crippen molar-refractivity contribution in [3.63, 3.8) is 0 Å². The van der Waals surface area contributed by atoms with Gasteiger partial charge in [-0.25, -0.2) is 13.2 Å². The lowest BCUT2D eigenvalue weighted by molar-refractivity contribution is -0.142. The lowest BCUT2D eigenvalue weighted by atomic mass is 10.1. The molecular weight excluding hydrogens is 287 g/mol. The van der Waals surface area contributed by atoms with Crippen LogP contribution in [-0.2, 0) is 11.3 Å². The van der Waals surface area contributed by atoms with Gasteiger partial charge in [-0.05, 0) is 11.6 Å². The first kappa shape index (κ1) is 15.1. The van der Waals surface area contributed by atoms with E-state index in [0.717, 1.165) is 11.9 Å². The summed E-state index contributed by atoms with van der Waals surface area (Å²) in [5.41, 5.74) is 6.95. The van der Waals surface area contributed by atoms with Gasteiger partial charge in [0.15, 0.2) is 0 Å². The van der Waals surface area contributed by atoms with E-state index < -0.39 is 31.1 Å². The number of benzene rings is 1. The van der Waals surface area contributed by atoms with Crippen molar-refractivity contribution in [3.05, 3.63) is 29.3 Å². The molecule has 1 aromatic rings. The Morgan fingerprint density at radius 3 is 2.67 bits per heavy atom. The number of alkyl halides is 3. The van der Waals surface area contributed by atoms with Crippen LogP contribution in [0.15, 0.2) is 18.2 Å². The fourth-order valence-corrected chi connectivity index (χ4v) is 2.16. The second-order valence-electron chi connectivity index (χ2n) is 4.75. The van der Waals surface area contributed by atoms with Crippen molar-refractivity contribution in [2.24, 2.45) is 0 Å². The van der Waals surface area contributed by atoms with E-state index in [2.05, 4.69) is 0 Å². The Hall–Kier alpha value is -2.25. The lowest BCUT2D eigenvalue weighted by Gasteiger charge is -2.24. The molecule has 0 saturated carbocycles. The van der Waals surface area contributed by atoms with Crippen LogP contribution in [0.1, 0.15) is 15.9 Å². The van der Waals surface area contributed by atoms with Crippen LogP contribution in [0.3, 0.4) is 0 Å². The van der Waals surface area contributed by atoms with Crippen molar-refractivity contribution in [2.45, 2.75) is 19.3 Å². The number of nitrogens with two attached hydrogens (primary N) is 1. The van der Waals surface area contributed by atoms with Gasteiger partial charge in [0.2, 0.25) is 12.2 Å². The third kappa shape index (κ3) is 2.79. The first-order chi connectivity index (χ1) is 9.82. The van der Waals surface area contributed by atoms with Crippen molar-refractivity contribution in [1.29, 1.82) is 0 Å². The zero-order valence-electron chi connectivity index (χ0n) is 11.2. The molecule has 1 aliphatic rings. The van der Waals surface area contributed by atoms with E-state index in [1.54, 1.807) is 18.2 Å². The molecule has 0 saturated heterocycles. The van der Waals surface area contributed by atoms with E-state index in [4.69, 9.17) is 5.73 Å². The molecule has 1 aliphatic heterocycles. The Labute approximate surface area is 119 Å². The van der Waals surface area contributed by atoms with Gasteiger partial charge in [0, 0.05) is 19.3 Å². The average molecular weight is 301 g/mol. The number of carbonyl (C=O) groups is 2. The molecule has 2 N–H and O–H groups in total. The summed E-state index contributed by atoms with van der Waals surface area (Å²) >= 11 is 0. The number of carbonyl (C=O) groups excluding carboxylic acids is 2. The number of fused-ring (bicyclic) bond motifs is 1. The van der Waals surface area contributed by atoms with Gasteiger partial charge in [0.1, 0.15) is 6.54 Å². The Bertz CT molecular complexity index is 580. The van der Waals surface area contributed by atoms with Gasteiger partial charge < -0.3 is 15.5 Å². The van der Waals surface area contributed by atoms with Gasteiger partial charge in [0.05, 0.1) is 5.56 Å². The highest BCUT2D eigenvalue weighted by atomic mass is 19.3. The minimum absolute atomic E-state index is 0.143. The van der Waals surface area contributed by atoms with Crippen LogP contribution in [0.25, 0.3) is 0 Å². The summed E-state index contributed by atoms with van der Waals surface area (Å²) in [6.07, 6.45) is -5.98. The summed E-state index contributed by atoms with van der Waals surface area (Å²) in [5, 5.41) is 0. The number of halogens is 3. The number of nitrogen functional groups attached to an aromatic ring is 1. The van der Waals surface area contributed by atoms with Crippen LogP contribution in [0.5, 0.6) is 0 Å². The topological polar surface area (TPSA) is 66.6 Å². The minimum Gasteiger partial charge on any atom is -0.398 e. The lowest BCUT2D eigenvalue weighted by Crippen LogP contribution is -2.44. The summed E-state index contributed by atoms with van der Waals surface area (Å²) in [7, 11) is 0.932. The van der Waals surface area contributed by atoms with Crippen molar-refractivity contribution in [1.82, 2.24) is 9.80 Å². The van der Waals surface area contributed by atoms with Crippen molar-refractivity contribution in [2.75, 3.05) is 19.3 Å². The van der Waals surface area contributed by atoms with Crippen LogP contribution in [-0.4, -0.2) is 47.9 Å². The second kappa shape index (κ2) is 5.63. The maximum Gasteiger partial charge on any atom is 0.287 e. The SMILES string of the molecule is CN(C(=O)CN1Cc2cccc(N)c2C1=O)C(F)C(F)F. The van der Waals surface area contributed by atoms with Gasteiger partial charge in [-0.2, -0.15) is 0 Å². The third-order valence-corrected chi connectivity index (χ3v) is 3.34. The standard InChI is InChI=1S/C13H14F3N3O2/c1-18(12(16)11(14)15)9(20)6-19-5-7-3-2-4-8(17)10(7)13(19)21/h2-4,11-12H,5-6,17H2,1H3. The number of anilines is 1. The summed E-state index contributed by atoms with van der Waals surface area (Å²) in [5.74, 6) is -1.36. The highest BCUT2D eigenvalue weighted by Gasteiger charge is 2.33. The fraction of sp³-hybridized carbons (Fsp3) is 0.385. The molecule has 21 heavy (non-hydrogen) atoms. The van der Waals surface area contributed by atoms with Crippen LogP contribution in [0, 0.1) is 0 Å². The average Bonchev–Trinajstić information content (AvgIpc) is 2.74. The molecular formula is C13H14F3N3O2. The van der Waals surface area contributed by atoms with Crippen LogP contribution in [0.2, 0.25) is 0 Å². The fourth-order valence-electron chi connectivity index (χ4n) is 2.16. The van der Waals surface area contributed by atoms with Gasteiger partial charge >= 0.3 is 0 Å². The molecule has 0 bridgehead atoms. The van der Waals surface area contributed by atoms with Crippen molar-refractivity contribution >= 4 is 17.5 Å². The van der Waals surface area contributed by atoms with Gasteiger partial charge in [-0.3, -0.25) is 9.59 Å². The number of hydrogen-bond acceptors (Lipinski definition) is 3. The van der Waals surface area contributed by atoms with Gasteiger partial charge in [0.25, 0.3) is 12.3 Å². The van der Waals surface area contributed by atoms with Crippen LogP contribution in [0.4, 0.5) is 18.9 Å². The molecule has 0 aliphatic carbocycles. The van der Waals surface area contributed by atoms with E-state index in [-0.39, 0.29) is 12.2 Å². The Morgan fingerprint density at radius 1 is 1.43 bits per heavy atom. The first-order valence-corrected chi connectivity index (χ1v) is 6.17. The maximum absolute atomic E-state index is 13.1. The normalized spacial score (nSPS) is 15.3. The Morgan fingerprint density at radius 2 is 2.10 bits per heavy atom. The Balaban J connectivity index is 2.08. The molecule has 114 valence electrons. The van der Waals surface area contributed by atoms with E-state index in [1.165, 1.54) is 0 Å². The molecule has 0 aromatic heterocycles. The van der Waals surface area contributed by atoms with Gasteiger partial charge in [-0.15, -0.1) is 0 Å². The van der Waals surface area contributed by atoms with Crippen LogP contribution < -0.4 is 5.73 Å². The van der Waals surface area contributed by atoms with Crippen molar-refractivity contribution < 1.29 is 22.8 Å². The highest BCUT2D eigenvalue weighted by Crippen LogP contribution is 2.27. The zero-order valence-corrected chi connectivity index (χ0v) is 11.2. The number of nitrogens with zero attached hydrogens (tertiary/aromatic N) is 2. The summed E-state index contributed by atoms with van der Waals surface area (Å²) < 4.78 is 37.6. The molecule has 1 aromatic carbocycles. The quantitative estimate of drug-likeness (QED) is 0.672. The number of amides is 2. The number of likely N-dealkylation sites (N-methyl/N-ethyl adjacent to an activating group) is 1. The molecule has 2 rings (SSSR count). The van der Waals surface area contributed by atoms with E-state index in [9.17, 15) is 22.8 Å². The monoisotopic (exact) mass is 301 g/mol. The molecule has 1 atom stereocenters. The van der Waals surface area contributed by atoms with Crippen LogP contribution >= 0.6 is 0 Å². The predicted molar refractivity (Wildman–Crippen MR) is 69.3 cm³/mol. The largest absolute Gasteiger partial charge is 0.398 e. The number of rotatable bonds is 4. The highest BCUT2D eigenvalue weighted by molar-refractivity contribution is 6.04. The van der Waals surface area contributed by atoms with E-state index in [0.29, 0.717) is 16.0 Å². The Kier molecular flexibility index (Phi) is 4.06. The summed E-state index contributed by atoms with van der Waals surface area (Å²) in [6.45, 7) is -0.332.